The van der Waals surface area contributed by atoms with Crippen molar-refractivity contribution in [2.75, 3.05) is 6.61 Å². The van der Waals surface area contributed by atoms with Crippen LogP contribution in [0.5, 0.6) is 0 Å². The smallest absolute Gasteiger partial charge is 0.340 e. The van der Waals surface area contributed by atoms with Crippen molar-refractivity contribution in [3.8, 4) is 0 Å². The second-order valence-electron chi connectivity index (χ2n) is 10.2. The van der Waals surface area contributed by atoms with Gasteiger partial charge in [-0.05, 0) is 71.1 Å². The standard InChI is InChI=1S/C34H23Cl4IO9/c35-22-13-5-1-9-18(22)31(40)44-17-26-27(46-32(41)19-10-2-6-14-23(19)36)28(47-33(42)20-11-3-7-15-24(20)37)29(30(39)45-26)48-34(43)21-12-4-8-16-25(21)38/h1-16,26-30H,17H2/t26-,27-,28+,29-,30+/m1/s1. The Bertz CT molecular complexity index is 1840. The number of rotatable bonds is 9. The van der Waals surface area contributed by atoms with E-state index in [2.05, 4.69) is 0 Å². The number of halogens is 5. The first-order chi connectivity index (χ1) is 23.0. The Morgan fingerprint density at radius 2 is 0.854 bits per heavy atom. The zero-order chi connectivity index (χ0) is 34.4. The van der Waals surface area contributed by atoms with E-state index in [-0.39, 0.29) is 42.3 Å². The normalized spacial score (nSPS) is 20.3. The molecule has 0 aliphatic carbocycles. The lowest BCUT2D eigenvalue weighted by atomic mass is 9.99. The highest BCUT2D eigenvalue weighted by Crippen LogP contribution is 2.35. The lowest BCUT2D eigenvalue weighted by Gasteiger charge is -2.43. The van der Waals surface area contributed by atoms with Crippen molar-refractivity contribution in [1.82, 2.24) is 0 Å². The second kappa shape index (κ2) is 16.3. The van der Waals surface area contributed by atoms with Gasteiger partial charge >= 0.3 is 23.9 Å². The van der Waals surface area contributed by atoms with Gasteiger partial charge in [0.1, 0.15) is 16.8 Å². The first-order valence-electron chi connectivity index (χ1n) is 14.1. The van der Waals surface area contributed by atoms with E-state index in [9.17, 15) is 19.2 Å². The van der Waals surface area contributed by atoms with Gasteiger partial charge < -0.3 is 23.7 Å². The Balaban J connectivity index is 1.53. The molecule has 248 valence electrons. The Kier molecular flexibility index (Phi) is 12.2. The number of carbonyl (C=O) groups excluding carboxylic acids is 4. The zero-order valence-corrected chi connectivity index (χ0v) is 29.6. The van der Waals surface area contributed by atoms with E-state index < -0.39 is 59.0 Å². The molecule has 1 aliphatic rings. The molecule has 14 heteroatoms. The molecular formula is C34H23Cl4IO9. The molecule has 0 amide bonds. The zero-order valence-electron chi connectivity index (χ0n) is 24.4. The molecule has 0 N–H and O–H groups in total. The first-order valence-corrected chi connectivity index (χ1v) is 16.9. The number of carbonyl (C=O) groups is 4. The van der Waals surface area contributed by atoms with E-state index in [0.29, 0.717) is 0 Å². The number of ether oxygens (including phenoxy) is 5. The van der Waals surface area contributed by atoms with E-state index in [1.165, 1.54) is 48.5 Å². The molecule has 0 bridgehead atoms. The van der Waals surface area contributed by atoms with Gasteiger partial charge in [-0.3, -0.25) is 0 Å². The molecule has 4 aromatic carbocycles. The lowest BCUT2D eigenvalue weighted by molar-refractivity contribution is -0.203. The molecule has 1 fully saturated rings. The minimum Gasteiger partial charge on any atom is -0.459 e. The quantitative estimate of drug-likeness (QED) is 0.0711. The van der Waals surface area contributed by atoms with Gasteiger partial charge in [-0.25, -0.2) is 19.2 Å². The Hall–Kier alpha value is -3.39. The predicted octanol–water partition coefficient (Wildman–Crippen LogP) is 8.29. The molecule has 5 atom stereocenters. The molecule has 0 unspecified atom stereocenters. The van der Waals surface area contributed by atoms with Crippen LogP contribution in [0.4, 0.5) is 0 Å². The summed E-state index contributed by atoms with van der Waals surface area (Å²) in [6.45, 7) is -0.491. The van der Waals surface area contributed by atoms with Crippen LogP contribution in [0.1, 0.15) is 41.4 Å². The highest BCUT2D eigenvalue weighted by atomic mass is 127. The van der Waals surface area contributed by atoms with Crippen LogP contribution in [0.3, 0.4) is 0 Å². The average Bonchev–Trinajstić information content (AvgIpc) is 3.07. The summed E-state index contributed by atoms with van der Waals surface area (Å²) < 4.78 is 28.3. The largest absolute Gasteiger partial charge is 0.459 e. The molecule has 0 radical (unpaired) electrons. The van der Waals surface area contributed by atoms with Crippen LogP contribution in [0.25, 0.3) is 0 Å². The van der Waals surface area contributed by atoms with E-state index in [1.54, 1.807) is 48.5 Å². The van der Waals surface area contributed by atoms with Crippen molar-refractivity contribution in [3.05, 3.63) is 139 Å². The minimum absolute atomic E-state index is 0.00951. The van der Waals surface area contributed by atoms with Crippen LogP contribution in [0.15, 0.2) is 97.1 Å². The number of alkyl halides is 1. The van der Waals surface area contributed by atoms with Crippen LogP contribution in [-0.2, 0) is 23.7 Å². The molecule has 0 spiro atoms. The monoisotopic (exact) mass is 842 g/mol. The summed E-state index contributed by atoms with van der Waals surface area (Å²) in [5.74, 6) is -3.49. The summed E-state index contributed by atoms with van der Waals surface area (Å²) >= 11 is 26.9. The van der Waals surface area contributed by atoms with Gasteiger partial charge in [0.25, 0.3) is 0 Å². The maximum absolute atomic E-state index is 13.6. The SMILES string of the molecule is O=C(OC[C@H]1O[C@H](I)[C@H](OC(=O)c2ccccc2Cl)[C@@H](OC(=O)c2ccccc2Cl)[C@@H]1OC(=O)c1ccccc1Cl)c1ccccc1Cl. The van der Waals surface area contributed by atoms with Gasteiger partial charge in [0.15, 0.2) is 18.3 Å². The van der Waals surface area contributed by atoms with E-state index >= 15 is 0 Å². The van der Waals surface area contributed by atoms with Gasteiger partial charge in [-0.2, -0.15) is 0 Å². The number of hydrogen-bond acceptors (Lipinski definition) is 9. The summed E-state index contributed by atoms with van der Waals surface area (Å²) in [4.78, 5) is 53.5. The van der Waals surface area contributed by atoms with Gasteiger partial charge in [0, 0.05) is 0 Å². The fraction of sp³-hybridized carbons (Fsp3) is 0.176. The summed E-state index contributed by atoms with van der Waals surface area (Å²) in [5.41, 5.74) is 0.0892. The van der Waals surface area contributed by atoms with Crippen LogP contribution in [0.2, 0.25) is 20.1 Å². The third-order valence-corrected chi connectivity index (χ3v) is 9.38. The molecule has 48 heavy (non-hydrogen) atoms. The third kappa shape index (κ3) is 8.42. The molecule has 5 rings (SSSR count). The fourth-order valence-corrected chi connectivity index (χ4v) is 6.49. The van der Waals surface area contributed by atoms with Crippen molar-refractivity contribution in [3.63, 3.8) is 0 Å². The Morgan fingerprint density at radius 1 is 0.521 bits per heavy atom. The van der Waals surface area contributed by atoms with Crippen molar-refractivity contribution in [2.24, 2.45) is 0 Å². The van der Waals surface area contributed by atoms with Gasteiger partial charge in [-0.1, -0.05) is 94.9 Å². The minimum atomic E-state index is -1.52. The summed E-state index contributed by atoms with van der Waals surface area (Å²) in [6.07, 6.45) is -5.66. The van der Waals surface area contributed by atoms with Crippen LogP contribution in [0, 0.1) is 0 Å². The fourth-order valence-electron chi connectivity index (χ4n) is 4.71. The first kappa shape index (κ1) is 35.9. The molecule has 1 aliphatic heterocycles. The maximum Gasteiger partial charge on any atom is 0.340 e. The summed E-state index contributed by atoms with van der Waals surface area (Å²) in [7, 11) is 0. The molecule has 0 saturated carbocycles. The molecule has 4 aromatic rings. The Labute approximate surface area is 308 Å². The predicted molar refractivity (Wildman–Crippen MR) is 186 cm³/mol. The third-order valence-electron chi connectivity index (χ3n) is 7.06. The van der Waals surface area contributed by atoms with Crippen LogP contribution >= 0.6 is 69.0 Å². The number of esters is 4. The van der Waals surface area contributed by atoms with Gasteiger partial charge in [0.2, 0.25) is 0 Å². The van der Waals surface area contributed by atoms with Crippen molar-refractivity contribution >= 4 is 92.9 Å². The molecular weight excluding hydrogens is 821 g/mol. The summed E-state index contributed by atoms with van der Waals surface area (Å²) in [6, 6.07) is 24.7. The molecule has 9 nitrogen and oxygen atoms in total. The van der Waals surface area contributed by atoms with Crippen molar-refractivity contribution in [1.29, 1.82) is 0 Å². The van der Waals surface area contributed by atoms with Gasteiger partial charge in [0.05, 0.1) is 42.3 Å². The van der Waals surface area contributed by atoms with Gasteiger partial charge in [-0.15, -0.1) is 0 Å². The van der Waals surface area contributed by atoms with Crippen LogP contribution in [-0.4, -0.2) is 59.0 Å². The second-order valence-corrected chi connectivity index (χ2v) is 13.0. The highest BCUT2D eigenvalue weighted by Gasteiger charge is 2.52. The summed E-state index contributed by atoms with van der Waals surface area (Å²) in [5, 5.41) is 0.428. The average molecular weight is 844 g/mol. The van der Waals surface area contributed by atoms with E-state index in [0.717, 1.165) is 0 Å². The topological polar surface area (TPSA) is 114 Å². The maximum atomic E-state index is 13.6. The highest BCUT2D eigenvalue weighted by molar-refractivity contribution is 14.1. The molecule has 1 heterocycles. The molecule has 0 aromatic heterocycles. The van der Waals surface area contributed by atoms with E-state index in [1.807, 2.05) is 22.6 Å². The molecule has 1 saturated heterocycles. The lowest BCUT2D eigenvalue weighted by Crippen LogP contribution is -2.61. The van der Waals surface area contributed by atoms with Crippen molar-refractivity contribution in [2.45, 2.75) is 28.5 Å². The van der Waals surface area contributed by atoms with Crippen LogP contribution < -0.4 is 0 Å². The van der Waals surface area contributed by atoms with E-state index in [4.69, 9.17) is 70.1 Å². The number of benzene rings is 4. The van der Waals surface area contributed by atoms with Crippen molar-refractivity contribution < 1.29 is 42.9 Å². The number of hydrogen-bond donors (Lipinski definition) is 0. The Morgan fingerprint density at radius 3 is 1.25 bits per heavy atom.